The van der Waals surface area contributed by atoms with E-state index in [1.165, 1.54) is 51.9 Å². The standard InChI is InChI=1S/C33H27F5N6O3/c34-24-9-5-21(6-10-24)30(39)27(45)13-19-1-3-20(4-2-19)23-8-12-29-41-32(42-44(29)15-23)40-26-11-7-22(31(46)43-16-25(35)17-43)14-28(26)47-18-33(36,37)38/h1-12,14-15,25,30H,13,16-18,39H2,(H,40,42)/t30-/m1/s1. The molecule has 1 atom stereocenters. The molecule has 47 heavy (non-hydrogen) atoms. The molecular weight excluding hydrogens is 623 g/mol. The van der Waals surface area contributed by atoms with E-state index in [9.17, 15) is 31.5 Å². The Morgan fingerprint density at radius 3 is 2.36 bits per heavy atom. The Labute approximate surface area is 264 Å². The lowest BCUT2D eigenvalue weighted by molar-refractivity contribution is -0.153. The molecule has 14 heteroatoms. The Balaban J connectivity index is 1.16. The molecule has 1 saturated heterocycles. The van der Waals surface area contributed by atoms with Crippen LogP contribution in [0.4, 0.5) is 33.6 Å². The van der Waals surface area contributed by atoms with Crippen LogP contribution >= 0.6 is 0 Å². The minimum atomic E-state index is -4.63. The van der Waals surface area contributed by atoms with Gasteiger partial charge in [-0.15, -0.1) is 5.10 Å². The molecule has 3 N–H and O–H groups in total. The van der Waals surface area contributed by atoms with Crippen molar-refractivity contribution in [1.82, 2.24) is 19.5 Å². The van der Waals surface area contributed by atoms with Gasteiger partial charge in [0.05, 0.1) is 24.8 Å². The number of hydrogen-bond acceptors (Lipinski definition) is 7. The summed E-state index contributed by atoms with van der Waals surface area (Å²) in [5, 5.41) is 7.25. The summed E-state index contributed by atoms with van der Waals surface area (Å²) in [7, 11) is 0. The minimum Gasteiger partial charge on any atom is -0.482 e. The number of halogens is 5. The van der Waals surface area contributed by atoms with Gasteiger partial charge in [0.2, 0.25) is 5.95 Å². The highest BCUT2D eigenvalue weighted by atomic mass is 19.4. The fraction of sp³-hybridized carbons (Fsp3) is 0.212. The number of fused-ring (bicyclic) bond motifs is 1. The number of rotatable bonds is 10. The average molecular weight is 651 g/mol. The quantitative estimate of drug-likeness (QED) is 0.183. The predicted octanol–water partition coefficient (Wildman–Crippen LogP) is 5.83. The van der Waals surface area contributed by atoms with Gasteiger partial charge in [-0.05, 0) is 59.2 Å². The lowest BCUT2D eigenvalue weighted by atomic mass is 9.97. The van der Waals surface area contributed by atoms with Crippen LogP contribution in [-0.4, -0.2) is 63.2 Å². The number of nitrogens with one attached hydrogen (secondary N) is 1. The molecule has 0 saturated carbocycles. The van der Waals surface area contributed by atoms with Crippen molar-refractivity contribution in [2.24, 2.45) is 5.73 Å². The van der Waals surface area contributed by atoms with E-state index in [0.29, 0.717) is 11.2 Å². The van der Waals surface area contributed by atoms with Gasteiger partial charge < -0.3 is 20.7 Å². The zero-order valence-electron chi connectivity index (χ0n) is 24.5. The van der Waals surface area contributed by atoms with Gasteiger partial charge in [0.15, 0.2) is 18.0 Å². The van der Waals surface area contributed by atoms with Crippen LogP contribution in [0, 0.1) is 5.82 Å². The molecule has 6 rings (SSSR count). The number of alkyl halides is 4. The Bertz CT molecular complexity index is 1920. The zero-order chi connectivity index (χ0) is 33.3. The van der Waals surface area contributed by atoms with Gasteiger partial charge >= 0.3 is 6.18 Å². The largest absolute Gasteiger partial charge is 0.482 e. The number of amides is 1. The van der Waals surface area contributed by atoms with Crippen LogP contribution in [0.5, 0.6) is 5.75 Å². The number of Topliss-reactive ketones (excluding diaryl/α,β-unsaturated/α-hetero) is 1. The van der Waals surface area contributed by atoms with Crippen LogP contribution in [-0.2, 0) is 11.2 Å². The van der Waals surface area contributed by atoms with Gasteiger partial charge in [0, 0.05) is 23.7 Å². The Hall–Kier alpha value is -5.37. The summed E-state index contributed by atoms with van der Waals surface area (Å²) < 4.78 is 71.9. The van der Waals surface area contributed by atoms with Gasteiger partial charge in [-0.1, -0.05) is 36.4 Å². The molecule has 0 radical (unpaired) electrons. The molecule has 0 aliphatic carbocycles. The molecule has 1 aliphatic heterocycles. The van der Waals surface area contributed by atoms with E-state index in [1.807, 2.05) is 18.2 Å². The second-order valence-corrected chi connectivity index (χ2v) is 11.1. The minimum absolute atomic E-state index is 0.0540. The number of benzene rings is 3. The lowest BCUT2D eigenvalue weighted by Crippen LogP contribution is -2.51. The number of ketones is 1. The summed E-state index contributed by atoms with van der Waals surface area (Å²) in [6.07, 6.45) is -3.95. The van der Waals surface area contributed by atoms with E-state index < -0.39 is 36.7 Å². The third-order valence-electron chi connectivity index (χ3n) is 7.56. The molecule has 1 amide bonds. The van der Waals surface area contributed by atoms with Crippen LogP contribution in [0.25, 0.3) is 16.8 Å². The highest BCUT2D eigenvalue weighted by Crippen LogP contribution is 2.31. The summed E-state index contributed by atoms with van der Waals surface area (Å²) >= 11 is 0. The van der Waals surface area contributed by atoms with Crippen LogP contribution in [0.2, 0.25) is 0 Å². The second kappa shape index (κ2) is 12.8. The molecule has 1 fully saturated rings. The van der Waals surface area contributed by atoms with Crippen LogP contribution in [0.3, 0.4) is 0 Å². The molecular formula is C33H27F5N6O3. The first-order valence-electron chi connectivity index (χ1n) is 14.5. The number of hydrogen-bond donors (Lipinski definition) is 2. The highest BCUT2D eigenvalue weighted by Gasteiger charge is 2.32. The first-order chi connectivity index (χ1) is 22.4. The number of likely N-dealkylation sites (tertiary alicyclic amines) is 1. The molecule has 1 aliphatic rings. The van der Waals surface area contributed by atoms with Crippen molar-refractivity contribution in [3.8, 4) is 16.9 Å². The molecule has 3 aromatic carbocycles. The van der Waals surface area contributed by atoms with E-state index in [2.05, 4.69) is 15.4 Å². The van der Waals surface area contributed by atoms with Gasteiger partial charge in [0.1, 0.15) is 17.7 Å². The maximum absolute atomic E-state index is 13.2. The smallest absolute Gasteiger partial charge is 0.422 e. The summed E-state index contributed by atoms with van der Waals surface area (Å²) in [4.78, 5) is 31.0. The highest BCUT2D eigenvalue weighted by molar-refractivity contribution is 5.96. The van der Waals surface area contributed by atoms with Gasteiger partial charge in [-0.2, -0.15) is 18.2 Å². The van der Waals surface area contributed by atoms with E-state index in [4.69, 9.17) is 10.5 Å². The summed E-state index contributed by atoms with van der Waals surface area (Å²) in [6.45, 7) is -1.75. The number of nitrogens with zero attached hydrogens (tertiary/aromatic N) is 4. The predicted molar refractivity (Wildman–Crippen MR) is 163 cm³/mol. The lowest BCUT2D eigenvalue weighted by Gasteiger charge is -2.34. The van der Waals surface area contributed by atoms with Crippen molar-refractivity contribution in [2.45, 2.75) is 24.8 Å². The van der Waals surface area contributed by atoms with E-state index in [-0.39, 0.29) is 48.2 Å². The van der Waals surface area contributed by atoms with Crippen LogP contribution < -0.4 is 15.8 Å². The molecule has 3 heterocycles. The Kier molecular flexibility index (Phi) is 8.60. The number of ether oxygens (including phenoxy) is 1. The summed E-state index contributed by atoms with van der Waals surface area (Å²) in [5.41, 5.74) is 9.53. The molecule has 0 unspecified atom stereocenters. The molecule has 0 bridgehead atoms. The fourth-order valence-corrected chi connectivity index (χ4v) is 5.02. The van der Waals surface area contributed by atoms with Crippen molar-refractivity contribution in [3.05, 3.63) is 108 Å². The van der Waals surface area contributed by atoms with Crippen LogP contribution in [0.15, 0.2) is 85.1 Å². The summed E-state index contributed by atoms with van der Waals surface area (Å²) in [6, 6.07) is 19.4. The second-order valence-electron chi connectivity index (χ2n) is 11.1. The van der Waals surface area contributed by atoms with E-state index >= 15 is 0 Å². The topological polar surface area (TPSA) is 115 Å². The van der Waals surface area contributed by atoms with E-state index in [1.54, 1.807) is 24.4 Å². The maximum Gasteiger partial charge on any atom is 0.422 e. The first kappa shape index (κ1) is 31.6. The van der Waals surface area contributed by atoms with Crippen molar-refractivity contribution < 1.29 is 36.3 Å². The third-order valence-corrected chi connectivity index (χ3v) is 7.56. The van der Waals surface area contributed by atoms with Crippen LogP contribution in [0.1, 0.15) is 27.5 Å². The number of pyridine rings is 1. The number of anilines is 2. The molecule has 5 aromatic rings. The monoisotopic (exact) mass is 650 g/mol. The van der Waals surface area contributed by atoms with Gasteiger partial charge in [-0.3, -0.25) is 9.59 Å². The zero-order valence-corrected chi connectivity index (χ0v) is 24.5. The number of carbonyl (C=O) groups is 2. The Morgan fingerprint density at radius 1 is 0.979 bits per heavy atom. The molecule has 9 nitrogen and oxygen atoms in total. The number of nitrogens with two attached hydrogens (primary N) is 1. The van der Waals surface area contributed by atoms with Crippen molar-refractivity contribution >= 4 is 29.0 Å². The van der Waals surface area contributed by atoms with Crippen molar-refractivity contribution in [1.29, 1.82) is 0 Å². The number of aromatic nitrogens is 3. The van der Waals surface area contributed by atoms with Crippen molar-refractivity contribution in [3.63, 3.8) is 0 Å². The maximum atomic E-state index is 13.2. The fourth-order valence-electron chi connectivity index (χ4n) is 5.02. The Morgan fingerprint density at radius 2 is 1.68 bits per heavy atom. The molecule has 242 valence electrons. The van der Waals surface area contributed by atoms with Gasteiger partial charge in [0.25, 0.3) is 5.91 Å². The SMILES string of the molecule is N[C@@H](C(=O)Cc1ccc(-c2ccc3nc(Nc4ccc(C(=O)N5CC(F)C5)cc4OCC(F)(F)F)nn3c2)cc1)c1ccc(F)cc1. The molecule has 0 spiro atoms. The number of carbonyl (C=O) groups excluding carboxylic acids is 2. The molecule has 2 aromatic heterocycles. The first-order valence-corrected chi connectivity index (χ1v) is 14.5. The third kappa shape index (κ3) is 7.38. The van der Waals surface area contributed by atoms with Gasteiger partial charge in [-0.25, -0.2) is 13.3 Å². The van der Waals surface area contributed by atoms with E-state index in [0.717, 1.165) is 16.7 Å². The summed E-state index contributed by atoms with van der Waals surface area (Å²) in [5.74, 6) is -1.33. The van der Waals surface area contributed by atoms with Crippen molar-refractivity contribution in [2.75, 3.05) is 25.0 Å². The average Bonchev–Trinajstić information content (AvgIpc) is 3.44. The normalized spacial score (nSPS) is 14.1.